The van der Waals surface area contributed by atoms with Crippen molar-refractivity contribution in [1.29, 1.82) is 5.26 Å². The first-order valence-corrected chi connectivity index (χ1v) is 8.38. The lowest BCUT2D eigenvalue weighted by molar-refractivity contribution is 0.385. The van der Waals surface area contributed by atoms with E-state index in [1.165, 1.54) is 13.2 Å². The van der Waals surface area contributed by atoms with Gasteiger partial charge in [0, 0.05) is 20.1 Å². The fourth-order valence-electron chi connectivity index (χ4n) is 2.48. The zero-order valence-electron chi connectivity index (χ0n) is 15.7. The first-order chi connectivity index (χ1) is 12.6. The maximum absolute atomic E-state index is 13.9. The molecule has 144 valence electrons. The third kappa shape index (κ3) is 6.71. The third-order valence-electron chi connectivity index (χ3n) is 3.83. The Morgan fingerprint density at radius 1 is 1.22 bits per heavy atom. The molecule has 1 N–H and O–H groups in total. The highest BCUT2D eigenvalue weighted by molar-refractivity contribution is 14.0. The Morgan fingerprint density at radius 3 is 2.44 bits per heavy atom. The van der Waals surface area contributed by atoms with Crippen LogP contribution >= 0.6 is 24.0 Å². The Balaban J connectivity index is 0.00000364. The SMILES string of the molecule is CCNC(=NCc1ccc(C#N)cc1)N(C)Cc1ccc(OC)c(F)c1.I. The minimum absolute atomic E-state index is 0. The summed E-state index contributed by atoms with van der Waals surface area (Å²) >= 11 is 0. The lowest BCUT2D eigenvalue weighted by Crippen LogP contribution is -2.38. The zero-order chi connectivity index (χ0) is 18.9. The normalized spacial score (nSPS) is 10.6. The number of hydrogen-bond donors (Lipinski definition) is 1. The maximum atomic E-state index is 13.9. The molecule has 0 aliphatic rings. The number of nitriles is 1. The monoisotopic (exact) mass is 482 g/mol. The van der Waals surface area contributed by atoms with Gasteiger partial charge in [-0.15, -0.1) is 24.0 Å². The van der Waals surface area contributed by atoms with E-state index in [4.69, 9.17) is 10.00 Å². The molecule has 2 rings (SSSR count). The summed E-state index contributed by atoms with van der Waals surface area (Å²) in [6.45, 7) is 3.74. The molecule has 0 radical (unpaired) electrons. The largest absolute Gasteiger partial charge is 0.494 e. The van der Waals surface area contributed by atoms with E-state index in [-0.39, 0.29) is 35.5 Å². The van der Waals surface area contributed by atoms with Gasteiger partial charge in [-0.2, -0.15) is 5.26 Å². The quantitative estimate of drug-likeness (QED) is 0.385. The van der Waals surface area contributed by atoms with Gasteiger partial charge in [0.1, 0.15) is 0 Å². The van der Waals surface area contributed by atoms with E-state index in [9.17, 15) is 4.39 Å². The summed E-state index contributed by atoms with van der Waals surface area (Å²) in [5.41, 5.74) is 2.47. The average Bonchev–Trinajstić information content (AvgIpc) is 2.65. The van der Waals surface area contributed by atoms with Crippen molar-refractivity contribution in [3.63, 3.8) is 0 Å². The molecule has 2 aromatic carbocycles. The van der Waals surface area contributed by atoms with E-state index >= 15 is 0 Å². The van der Waals surface area contributed by atoms with Crippen LogP contribution in [-0.2, 0) is 13.1 Å². The van der Waals surface area contributed by atoms with Crippen LogP contribution in [0.2, 0.25) is 0 Å². The second-order valence-electron chi connectivity index (χ2n) is 5.80. The number of rotatable bonds is 6. The highest BCUT2D eigenvalue weighted by atomic mass is 127. The predicted octanol–water partition coefficient (Wildman–Crippen LogP) is 3.92. The molecule has 0 heterocycles. The van der Waals surface area contributed by atoms with Crippen molar-refractivity contribution < 1.29 is 9.13 Å². The van der Waals surface area contributed by atoms with E-state index in [2.05, 4.69) is 16.4 Å². The smallest absolute Gasteiger partial charge is 0.194 e. The zero-order valence-corrected chi connectivity index (χ0v) is 18.0. The van der Waals surface area contributed by atoms with Crippen LogP contribution in [0.25, 0.3) is 0 Å². The van der Waals surface area contributed by atoms with Gasteiger partial charge in [0.15, 0.2) is 17.5 Å². The van der Waals surface area contributed by atoms with Crippen LogP contribution < -0.4 is 10.1 Å². The van der Waals surface area contributed by atoms with Crippen molar-refractivity contribution in [1.82, 2.24) is 10.2 Å². The molecule has 0 aromatic heterocycles. The van der Waals surface area contributed by atoms with Crippen molar-refractivity contribution in [2.24, 2.45) is 4.99 Å². The third-order valence-corrected chi connectivity index (χ3v) is 3.83. The number of ether oxygens (including phenoxy) is 1. The summed E-state index contributed by atoms with van der Waals surface area (Å²) in [5.74, 6) is 0.587. The summed E-state index contributed by atoms with van der Waals surface area (Å²) < 4.78 is 18.8. The van der Waals surface area contributed by atoms with Crippen LogP contribution in [-0.4, -0.2) is 31.6 Å². The maximum Gasteiger partial charge on any atom is 0.194 e. The Morgan fingerprint density at radius 2 is 1.89 bits per heavy atom. The summed E-state index contributed by atoms with van der Waals surface area (Å²) in [7, 11) is 3.35. The van der Waals surface area contributed by atoms with Crippen molar-refractivity contribution in [2.75, 3.05) is 20.7 Å². The highest BCUT2D eigenvalue weighted by Gasteiger charge is 2.09. The molecule has 7 heteroatoms. The van der Waals surface area contributed by atoms with E-state index in [0.717, 1.165) is 23.6 Å². The predicted molar refractivity (Wildman–Crippen MR) is 116 cm³/mol. The highest BCUT2D eigenvalue weighted by Crippen LogP contribution is 2.18. The van der Waals surface area contributed by atoms with Crippen molar-refractivity contribution in [3.8, 4) is 11.8 Å². The summed E-state index contributed by atoms with van der Waals surface area (Å²) in [6.07, 6.45) is 0. The summed E-state index contributed by atoms with van der Waals surface area (Å²) in [6, 6.07) is 14.4. The van der Waals surface area contributed by atoms with Crippen LogP contribution in [0.15, 0.2) is 47.5 Å². The lowest BCUT2D eigenvalue weighted by atomic mass is 10.1. The molecule has 2 aromatic rings. The van der Waals surface area contributed by atoms with Crippen LogP contribution in [0.1, 0.15) is 23.6 Å². The fourth-order valence-corrected chi connectivity index (χ4v) is 2.48. The van der Waals surface area contributed by atoms with Gasteiger partial charge in [0.25, 0.3) is 0 Å². The Kier molecular flexibility index (Phi) is 9.58. The van der Waals surface area contributed by atoms with E-state index in [1.807, 2.05) is 37.1 Å². The number of methoxy groups -OCH3 is 1. The van der Waals surface area contributed by atoms with Gasteiger partial charge in [-0.25, -0.2) is 9.38 Å². The molecular weight excluding hydrogens is 458 g/mol. The van der Waals surface area contributed by atoms with Crippen LogP contribution in [0.3, 0.4) is 0 Å². The van der Waals surface area contributed by atoms with Crippen LogP contribution in [0, 0.1) is 17.1 Å². The van der Waals surface area contributed by atoms with Crippen LogP contribution in [0.5, 0.6) is 5.75 Å². The second-order valence-corrected chi connectivity index (χ2v) is 5.80. The van der Waals surface area contributed by atoms with Gasteiger partial charge >= 0.3 is 0 Å². The Labute approximate surface area is 176 Å². The summed E-state index contributed by atoms with van der Waals surface area (Å²) in [4.78, 5) is 6.56. The van der Waals surface area contributed by atoms with Gasteiger partial charge in [0.2, 0.25) is 0 Å². The van der Waals surface area contributed by atoms with Gasteiger partial charge < -0.3 is 15.0 Å². The number of nitrogens with zero attached hydrogens (tertiary/aromatic N) is 3. The molecule has 0 saturated heterocycles. The van der Waals surface area contributed by atoms with Gasteiger partial charge in [-0.05, 0) is 42.3 Å². The number of nitrogens with one attached hydrogen (secondary N) is 1. The molecule has 0 bridgehead atoms. The Hall–Kier alpha value is -2.34. The van der Waals surface area contributed by atoms with Gasteiger partial charge in [0.05, 0.1) is 25.3 Å². The first kappa shape index (κ1) is 22.7. The second kappa shape index (κ2) is 11.4. The molecule has 0 unspecified atom stereocenters. The van der Waals surface area contributed by atoms with Crippen molar-refractivity contribution in [2.45, 2.75) is 20.0 Å². The molecular formula is C20H24FIN4O. The molecule has 27 heavy (non-hydrogen) atoms. The van der Waals surface area contributed by atoms with Crippen molar-refractivity contribution in [3.05, 3.63) is 65.0 Å². The number of aliphatic imine (C=N–C) groups is 1. The van der Waals surface area contributed by atoms with Crippen molar-refractivity contribution >= 4 is 29.9 Å². The minimum atomic E-state index is -0.377. The first-order valence-electron chi connectivity index (χ1n) is 8.38. The molecule has 0 atom stereocenters. The number of halogens is 2. The van der Waals surface area contributed by atoms with E-state index in [1.54, 1.807) is 18.2 Å². The number of hydrogen-bond acceptors (Lipinski definition) is 3. The van der Waals surface area contributed by atoms with Gasteiger partial charge in [-0.1, -0.05) is 18.2 Å². The van der Waals surface area contributed by atoms with Gasteiger partial charge in [-0.3, -0.25) is 0 Å². The lowest BCUT2D eigenvalue weighted by Gasteiger charge is -2.22. The molecule has 5 nitrogen and oxygen atoms in total. The molecule has 0 spiro atoms. The Bertz CT molecular complexity index is 803. The fraction of sp³-hybridized carbons (Fsp3) is 0.300. The number of guanidine groups is 1. The van der Waals surface area contributed by atoms with E-state index in [0.29, 0.717) is 18.7 Å². The molecule has 0 aliphatic carbocycles. The molecule has 0 aliphatic heterocycles. The standard InChI is InChI=1S/C20H23FN4O.HI/c1-4-23-20(24-13-16-7-5-15(12-22)6-8-16)25(2)14-17-9-10-19(26-3)18(21)11-17;/h5-11H,4,13-14H2,1-3H3,(H,23,24);1H. The number of benzene rings is 2. The molecule has 0 fully saturated rings. The summed E-state index contributed by atoms with van der Waals surface area (Å²) in [5, 5.41) is 12.1. The average molecular weight is 482 g/mol. The molecule has 0 amide bonds. The van der Waals surface area contributed by atoms with E-state index < -0.39 is 0 Å². The molecule has 0 saturated carbocycles. The van der Waals surface area contributed by atoms with Crippen LogP contribution in [0.4, 0.5) is 4.39 Å². The minimum Gasteiger partial charge on any atom is -0.494 e. The topological polar surface area (TPSA) is 60.7 Å².